The molecule has 0 radical (unpaired) electrons. The molecule has 59 heavy (non-hydrogen) atoms. The quantitative estimate of drug-likeness (QED) is 0.0880. The van der Waals surface area contributed by atoms with Crippen molar-refractivity contribution in [2.75, 3.05) is 0 Å². The van der Waals surface area contributed by atoms with E-state index in [1.807, 2.05) is 36.4 Å². The van der Waals surface area contributed by atoms with Crippen molar-refractivity contribution in [1.29, 1.82) is 0 Å². The first kappa shape index (κ1) is 35.7. The van der Waals surface area contributed by atoms with Crippen molar-refractivity contribution in [3.05, 3.63) is 236 Å². The Hall–Kier alpha value is -7.68. The first-order valence-electron chi connectivity index (χ1n) is 20.1. The molecular formula is C57H40N2. The molecule has 0 heterocycles. The number of fused-ring (bicyclic) bond motifs is 6. The lowest BCUT2D eigenvalue weighted by Crippen LogP contribution is -2.05. The predicted molar refractivity (Wildman–Crippen MR) is 253 cm³/mol. The van der Waals surface area contributed by atoms with Gasteiger partial charge in [0.15, 0.2) is 5.84 Å². The van der Waals surface area contributed by atoms with Crippen molar-refractivity contribution in [1.82, 2.24) is 0 Å². The van der Waals surface area contributed by atoms with E-state index in [-0.39, 0.29) is 0 Å². The molecule has 278 valence electrons. The van der Waals surface area contributed by atoms with E-state index in [9.17, 15) is 0 Å². The summed E-state index contributed by atoms with van der Waals surface area (Å²) in [6, 6.07) is 75.6. The minimum atomic E-state index is 0.607. The highest BCUT2D eigenvalue weighted by Crippen LogP contribution is 2.40. The standard InChI is InChI=1S/C57H40N2/c1-38(40-17-5-3-6-18-40)58-57(43-31-29-42(30-32-43)41-19-7-4-8-20-41)59-39(2)46-33-47(55-36-44-21-9-11-23-49(44)51-25-13-15-27-53(51)55)35-48(34-46)56-37-45-22-10-12-24-50(45)52-26-14-16-28-54(52)56/h3-37H,1H2,2H3. The molecule has 0 unspecified atom stereocenters. The molecule has 0 aromatic heterocycles. The Morgan fingerprint density at radius 2 is 0.780 bits per heavy atom. The maximum Gasteiger partial charge on any atom is 0.160 e. The molecule has 2 heteroatoms. The molecule has 10 aromatic rings. The highest BCUT2D eigenvalue weighted by Gasteiger charge is 2.16. The van der Waals surface area contributed by atoms with Crippen LogP contribution in [0, 0.1) is 0 Å². The molecule has 0 fully saturated rings. The number of nitrogens with zero attached hydrogens (tertiary/aromatic N) is 2. The molecule has 0 spiro atoms. The average Bonchev–Trinajstić information content (AvgIpc) is 3.31. The lowest BCUT2D eigenvalue weighted by molar-refractivity contribution is 1.44. The summed E-state index contributed by atoms with van der Waals surface area (Å²) in [5.41, 5.74) is 11.3. The van der Waals surface area contributed by atoms with Crippen molar-refractivity contribution in [2.24, 2.45) is 9.98 Å². The largest absolute Gasteiger partial charge is 0.233 e. The number of aliphatic imine (C=N–C) groups is 2. The summed E-state index contributed by atoms with van der Waals surface area (Å²) in [6.07, 6.45) is 0. The van der Waals surface area contributed by atoms with Crippen LogP contribution in [0.4, 0.5) is 0 Å². The third kappa shape index (κ3) is 6.92. The van der Waals surface area contributed by atoms with E-state index in [1.54, 1.807) is 0 Å². The number of hydrogen-bond donors (Lipinski definition) is 0. The van der Waals surface area contributed by atoms with Crippen molar-refractivity contribution in [2.45, 2.75) is 6.92 Å². The Bertz CT molecular complexity index is 3130. The molecular weight excluding hydrogens is 713 g/mol. The highest BCUT2D eigenvalue weighted by atomic mass is 14.9. The Balaban J connectivity index is 1.20. The van der Waals surface area contributed by atoms with Crippen LogP contribution in [0.15, 0.2) is 229 Å². The molecule has 0 saturated carbocycles. The molecule has 0 aliphatic carbocycles. The smallest absolute Gasteiger partial charge is 0.160 e. The highest BCUT2D eigenvalue weighted by molar-refractivity contribution is 6.18. The van der Waals surface area contributed by atoms with Gasteiger partial charge in [-0.2, -0.15) is 0 Å². The fourth-order valence-corrected chi connectivity index (χ4v) is 8.38. The summed E-state index contributed by atoms with van der Waals surface area (Å²) in [6.45, 7) is 6.49. The Kier molecular flexibility index (Phi) is 9.29. The number of amidine groups is 1. The minimum Gasteiger partial charge on any atom is -0.233 e. The van der Waals surface area contributed by atoms with E-state index in [4.69, 9.17) is 9.98 Å². The summed E-state index contributed by atoms with van der Waals surface area (Å²) in [7, 11) is 0. The van der Waals surface area contributed by atoms with E-state index >= 15 is 0 Å². The molecule has 0 bridgehead atoms. The van der Waals surface area contributed by atoms with E-state index in [0.29, 0.717) is 11.5 Å². The van der Waals surface area contributed by atoms with Gasteiger partial charge in [-0.05, 0) is 125 Å². The molecule has 0 amide bonds. The van der Waals surface area contributed by atoms with Crippen LogP contribution in [0.3, 0.4) is 0 Å². The van der Waals surface area contributed by atoms with Crippen LogP contribution in [0.1, 0.15) is 23.6 Å². The van der Waals surface area contributed by atoms with E-state index < -0.39 is 0 Å². The summed E-state index contributed by atoms with van der Waals surface area (Å²) in [5, 5.41) is 9.83. The number of hydrogen-bond acceptors (Lipinski definition) is 1. The zero-order valence-electron chi connectivity index (χ0n) is 32.8. The molecule has 0 N–H and O–H groups in total. The maximum atomic E-state index is 5.38. The zero-order chi connectivity index (χ0) is 39.7. The van der Waals surface area contributed by atoms with Gasteiger partial charge in [-0.1, -0.05) is 189 Å². The Labute approximate surface area is 344 Å². The Morgan fingerprint density at radius 1 is 0.339 bits per heavy atom. The fourth-order valence-electron chi connectivity index (χ4n) is 8.38. The second-order valence-corrected chi connectivity index (χ2v) is 15.1. The van der Waals surface area contributed by atoms with E-state index in [2.05, 4.69) is 189 Å². The van der Waals surface area contributed by atoms with Gasteiger partial charge < -0.3 is 0 Å². The van der Waals surface area contributed by atoms with Crippen LogP contribution in [0.25, 0.3) is 82.2 Å². The van der Waals surface area contributed by atoms with Gasteiger partial charge in [0.25, 0.3) is 0 Å². The van der Waals surface area contributed by atoms with Gasteiger partial charge in [-0.15, -0.1) is 0 Å². The van der Waals surface area contributed by atoms with Crippen molar-refractivity contribution >= 4 is 60.3 Å². The van der Waals surface area contributed by atoms with Gasteiger partial charge in [0, 0.05) is 11.3 Å². The van der Waals surface area contributed by atoms with Crippen LogP contribution in [-0.4, -0.2) is 11.5 Å². The molecule has 10 aromatic carbocycles. The van der Waals surface area contributed by atoms with Gasteiger partial charge in [-0.25, -0.2) is 9.98 Å². The summed E-state index contributed by atoms with van der Waals surface area (Å²) in [4.78, 5) is 10.5. The molecule has 10 rings (SSSR count). The first-order chi connectivity index (χ1) is 29.1. The molecule has 2 nitrogen and oxygen atoms in total. The van der Waals surface area contributed by atoms with Crippen LogP contribution < -0.4 is 0 Å². The summed E-state index contributed by atoms with van der Waals surface area (Å²) in [5.74, 6) is 0.607. The van der Waals surface area contributed by atoms with Gasteiger partial charge in [0.1, 0.15) is 0 Å². The minimum absolute atomic E-state index is 0.607. The molecule has 0 atom stereocenters. The Morgan fingerprint density at radius 3 is 1.32 bits per heavy atom. The first-order valence-corrected chi connectivity index (χ1v) is 20.1. The van der Waals surface area contributed by atoms with Crippen molar-refractivity contribution in [3.8, 4) is 33.4 Å². The predicted octanol–water partition coefficient (Wildman–Crippen LogP) is 15.2. The van der Waals surface area contributed by atoms with E-state index in [0.717, 1.165) is 44.7 Å². The van der Waals surface area contributed by atoms with Gasteiger partial charge in [-0.3, -0.25) is 0 Å². The monoisotopic (exact) mass is 752 g/mol. The van der Waals surface area contributed by atoms with Gasteiger partial charge in [0.05, 0.1) is 5.70 Å². The summed E-state index contributed by atoms with van der Waals surface area (Å²) >= 11 is 0. The van der Waals surface area contributed by atoms with Crippen LogP contribution in [0.2, 0.25) is 0 Å². The van der Waals surface area contributed by atoms with Crippen LogP contribution in [-0.2, 0) is 0 Å². The lowest BCUT2D eigenvalue weighted by Gasteiger charge is -2.16. The fraction of sp³-hybridized carbons (Fsp3) is 0.0175. The lowest BCUT2D eigenvalue weighted by atomic mass is 9.88. The average molecular weight is 753 g/mol. The number of benzene rings is 10. The van der Waals surface area contributed by atoms with Gasteiger partial charge >= 0.3 is 0 Å². The topological polar surface area (TPSA) is 24.7 Å². The summed E-state index contributed by atoms with van der Waals surface area (Å²) < 4.78 is 0. The molecule has 0 saturated heterocycles. The third-order valence-corrected chi connectivity index (χ3v) is 11.4. The maximum absolute atomic E-state index is 5.38. The molecule has 0 aliphatic rings. The molecule has 0 aliphatic heterocycles. The van der Waals surface area contributed by atoms with E-state index in [1.165, 1.54) is 54.2 Å². The third-order valence-electron chi connectivity index (χ3n) is 11.4. The zero-order valence-corrected chi connectivity index (χ0v) is 32.8. The van der Waals surface area contributed by atoms with Crippen molar-refractivity contribution in [3.63, 3.8) is 0 Å². The second-order valence-electron chi connectivity index (χ2n) is 15.1. The van der Waals surface area contributed by atoms with Crippen molar-refractivity contribution < 1.29 is 0 Å². The van der Waals surface area contributed by atoms with Crippen LogP contribution >= 0.6 is 0 Å². The second kappa shape index (κ2) is 15.3. The van der Waals surface area contributed by atoms with Crippen LogP contribution in [0.5, 0.6) is 0 Å². The normalized spacial score (nSPS) is 12.1. The SMILES string of the molecule is C=C(N=C(N=C(C)c1cc(-c2cc3ccccc3c3ccccc23)cc(-c2cc3ccccc3c3ccccc23)c1)c1ccc(-c2ccccc2)cc1)c1ccccc1. The number of rotatable bonds is 7. The van der Waals surface area contributed by atoms with Gasteiger partial charge in [0.2, 0.25) is 0 Å².